The number of rotatable bonds is 6. The Kier molecular flexibility index (Phi) is 5.90. The van der Waals surface area contributed by atoms with Crippen LogP contribution in [0.5, 0.6) is 0 Å². The summed E-state index contributed by atoms with van der Waals surface area (Å²) in [6.07, 6.45) is 3.63. The van der Waals surface area contributed by atoms with Gasteiger partial charge in [-0.15, -0.1) is 0 Å². The zero-order valence-corrected chi connectivity index (χ0v) is 15.2. The lowest BCUT2D eigenvalue weighted by atomic mass is 10.1. The van der Waals surface area contributed by atoms with Gasteiger partial charge in [0, 0.05) is 24.3 Å². The van der Waals surface area contributed by atoms with Crippen molar-refractivity contribution in [3.8, 4) is 0 Å². The highest BCUT2D eigenvalue weighted by Crippen LogP contribution is 2.22. The Morgan fingerprint density at radius 2 is 2.07 bits per heavy atom. The molecule has 2 heterocycles. The molecule has 3 amide bonds. The summed E-state index contributed by atoms with van der Waals surface area (Å²) in [7, 11) is 0. The van der Waals surface area contributed by atoms with Crippen LogP contribution in [0.3, 0.4) is 0 Å². The summed E-state index contributed by atoms with van der Waals surface area (Å²) in [6, 6.07) is 9.46. The van der Waals surface area contributed by atoms with Gasteiger partial charge in [-0.25, -0.2) is 0 Å². The standard InChI is InChI=1S/C20H23N3O4/c1-2-10-21-18(24)14-6-3-7-15(13-14)22-19(25)16-8-4-11-23(16)20(26)17-9-5-12-27-17/h3,5-7,9,12-13,16H,2,4,8,10-11H2,1H3,(H,21,24)(H,22,25)/t16-/m1/s1. The third-order valence-electron chi connectivity index (χ3n) is 4.48. The lowest BCUT2D eigenvalue weighted by molar-refractivity contribution is -0.119. The van der Waals surface area contributed by atoms with E-state index in [4.69, 9.17) is 4.42 Å². The fourth-order valence-corrected chi connectivity index (χ4v) is 3.13. The number of hydrogen-bond acceptors (Lipinski definition) is 4. The van der Waals surface area contributed by atoms with Crippen molar-refractivity contribution in [3.63, 3.8) is 0 Å². The molecule has 27 heavy (non-hydrogen) atoms. The van der Waals surface area contributed by atoms with Gasteiger partial charge in [-0.3, -0.25) is 14.4 Å². The van der Waals surface area contributed by atoms with E-state index in [0.717, 1.165) is 12.8 Å². The third kappa shape index (κ3) is 4.36. The van der Waals surface area contributed by atoms with Crippen LogP contribution < -0.4 is 10.6 Å². The monoisotopic (exact) mass is 369 g/mol. The first kappa shape index (κ1) is 18.7. The number of anilines is 1. The summed E-state index contributed by atoms with van der Waals surface area (Å²) >= 11 is 0. The normalized spacial score (nSPS) is 16.2. The fourth-order valence-electron chi connectivity index (χ4n) is 3.13. The van der Waals surface area contributed by atoms with Crippen LogP contribution in [0.25, 0.3) is 0 Å². The molecule has 0 aliphatic carbocycles. The molecular weight excluding hydrogens is 346 g/mol. The van der Waals surface area contributed by atoms with Crippen LogP contribution in [0.4, 0.5) is 5.69 Å². The summed E-state index contributed by atoms with van der Waals surface area (Å²) in [4.78, 5) is 38.9. The lowest BCUT2D eigenvalue weighted by Crippen LogP contribution is -2.43. The summed E-state index contributed by atoms with van der Waals surface area (Å²) in [5.74, 6) is -0.503. The zero-order valence-electron chi connectivity index (χ0n) is 15.2. The third-order valence-corrected chi connectivity index (χ3v) is 4.48. The van der Waals surface area contributed by atoms with Gasteiger partial charge in [0.05, 0.1) is 6.26 Å². The Hall–Kier alpha value is -3.09. The number of likely N-dealkylation sites (tertiary alicyclic amines) is 1. The van der Waals surface area contributed by atoms with Crippen molar-refractivity contribution in [3.05, 3.63) is 54.0 Å². The molecule has 2 aromatic rings. The van der Waals surface area contributed by atoms with E-state index in [0.29, 0.717) is 30.8 Å². The van der Waals surface area contributed by atoms with Gasteiger partial charge in [0.2, 0.25) is 5.91 Å². The summed E-state index contributed by atoms with van der Waals surface area (Å²) < 4.78 is 5.16. The Morgan fingerprint density at radius 3 is 2.81 bits per heavy atom. The van der Waals surface area contributed by atoms with Gasteiger partial charge in [-0.2, -0.15) is 0 Å². The molecule has 1 aromatic carbocycles. The van der Waals surface area contributed by atoms with Gasteiger partial charge >= 0.3 is 0 Å². The van der Waals surface area contributed by atoms with Crippen molar-refractivity contribution in [2.45, 2.75) is 32.2 Å². The first-order valence-electron chi connectivity index (χ1n) is 9.13. The Labute approximate surface area is 157 Å². The first-order valence-corrected chi connectivity index (χ1v) is 9.13. The second-order valence-corrected chi connectivity index (χ2v) is 6.46. The number of hydrogen-bond donors (Lipinski definition) is 2. The molecule has 1 aliphatic heterocycles. The predicted octanol–water partition coefficient (Wildman–Crippen LogP) is 2.66. The highest BCUT2D eigenvalue weighted by molar-refractivity contribution is 6.01. The molecule has 7 nitrogen and oxygen atoms in total. The minimum absolute atomic E-state index is 0.177. The summed E-state index contributed by atoms with van der Waals surface area (Å²) in [6.45, 7) is 3.09. The predicted molar refractivity (Wildman–Crippen MR) is 100 cm³/mol. The molecule has 1 aliphatic rings. The molecule has 0 unspecified atom stereocenters. The maximum Gasteiger partial charge on any atom is 0.290 e. The molecule has 1 fully saturated rings. The number of amides is 3. The van der Waals surface area contributed by atoms with Crippen LogP contribution in [0.1, 0.15) is 47.1 Å². The average Bonchev–Trinajstić information content (AvgIpc) is 3.37. The SMILES string of the molecule is CCCNC(=O)c1cccc(NC(=O)[C@H]2CCCN2C(=O)c2ccco2)c1. The Morgan fingerprint density at radius 1 is 1.22 bits per heavy atom. The summed E-state index contributed by atoms with van der Waals surface area (Å²) in [5.41, 5.74) is 1.01. The summed E-state index contributed by atoms with van der Waals surface area (Å²) in [5, 5.41) is 5.63. The minimum atomic E-state index is -0.555. The number of furan rings is 1. The second kappa shape index (κ2) is 8.53. The number of nitrogens with one attached hydrogen (secondary N) is 2. The topological polar surface area (TPSA) is 91.7 Å². The molecule has 0 spiro atoms. The van der Waals surface area contributed by atoms with Crippen molar-refractivity contribution in [1.29, 1.82) is 0 Å². The first-order chi connectivity index (χ1) is 13.1. The van der Waals surface area contributed by atoms with Crippen LogP contribution in [-0.2, 0) is 4.79 Å². The van der Waals surface area contributed by atoms with E-state index in [2.05, 4.69) is 10.6 Å². The van der Waals surface area contributed by atoms with E-state index in [1.165, 1.54) is 11.2 Å². The van der Waals surface area contributed by atoms with E-state index < -0.39 is 6.04 Å². The maximum atomic E-state index is 12.7. The number of nitrogens with zero attached hydrogens (tertiary/aromatic N) is 1. The van der Waals surface area contributed by atoms with Crippen LogP contribution in [0.15, 0.2) is 47.1 Å². The van der Waals surface area contributed by atoms with Crippen molar-refractivity contribution < 1.29 is 18.8 Å². The van der Waals surface area contributed by atoms with Crippen molar-refractivity contribution in [1.82, 2.24) is 10.2 Å². The van der Waals surface area contributed by atoms with Gasteiger partial charge in [0.15, 0.2) is 5.76 Å². The van der Waals surface area contributed by atoms with Crippen LogP contribution in [0, 0.1) is 0 Å². The highest BCUT2D eigenvalue weighted by Gasteiger charge is 2.35. The van der Waals surface area contributed by atoms with Gasteiger partial charge in [0.1, 0.15) is 6.04 Å². The highest BCUT2D eigenvalue weighted by atomic mass is 16.3. The van der Waals surface area contributed by atoms with E-state index >= 15 is 0 Å². The van der Waals surface area contributed by atoms with Crippen LogP contribution in [0.2, 0.25) is 0 Å². The van der Waals surface area contributed by atoms with Crippen molar-refractivity contribution in [2.24, 2.45) is 0 Å². The van der Waals surface area contributed by atoms with Crippen molar-refractivity contribution >= 4 is 23.4 Å². The molecule has 7 heteroatoms. The zero-order chi connectivity index (χ0) is 19.2. The quantitative estimate of drug-likeness (QED) is 0.819. The molecule has 142 valence electrons. The van der Waals surface area contributed by atoms with Crippen LogP contribution in [-0.4, -0.2) is 41.8 Å². The van der Waals surface area contributed by atoms with E-state index in [1.54, 1.807) is 36.4 Å². The molecule has 1 aromatic heterocycles. The van der Waals surface area contributed by atoms with Gasteiger partial charge in [0.25, 0.3) is 11.8 Å². The molecule has 0 saturated carbocycles. The molecule has 0 bridgehead atoms. The lowest BCUT2D eigenvalue weighted by Gasteiger charge is -2.23. The average molecular weight is 369 g/mol. The molecule has 1 atom stereocenters. The van der Waals surface area contributed by atoms with Crippen LogP contribution >= 0.6 is 0 Å². The van der Waals surface area contributed by atoms with Gasteiger partial charge < -0.3 is 20.0 Å². The molecular formula is C20H23N3O4. The fraction of sp³-hybridized carbons (Fsp3) is 0.350. The maximum absolute atomic E-state index is 12.7. The largest absolute Gasteiger partial charge is 0.459 e. The molecule has 1 saturated heterocycles. The van der Waals surface area contributed by atoms with E-state index in [1.807, 2.05) is 6.92 Å². The minimum Gasteiger partial charge on any atom is -0.459 e. The van der Waals surface area contributed by atoms with Crippen molar-refractivity contribution in [2.75, 3.05) is 18.4 Å². The Bertz CT molecular complexity index is 816. The second-order valence-electron chi connectivity index (χ2n) is 6.46. The Balaban J connectivity index is 1.67. The number of carbonyl (C=O) groups excluding carboxylic acids is 3. The number of carbonyl (C=O) groups is 3. The molecule has 0 radical (unpaired) electrons. The number of benzene rings is 1. The van der Waals surface area contributed by atoms with E-state index in [-0.39, 0.29) is 23.5 Å². The molecule has 2 N–H and O–H groups in total. The van der Waals surface area contributed by atoms with Gasteiger partial charge in [-0.05, 0) is 49.6 Å². The van der Waals surface area contributed by atoms with Gasteiger partial charge in [-0.1, -0.05) is 13.0 Å². The van der Waals surface area contributed by atoms with E-state index in [9.17, 15) is 14.4 Å². The molecule has 3 rings (SSSR count). The smallest absolute Gasteiger partial charge is 0.290 e.